The average Bonchev–Trinajstić information content (AvgIpc) is 3.51. The maximum atomic E-state index is 13.9. The lowest BCUT2D eigenvalue weighted by atomic mass is 9.92. The van der Waals surface area contributed by atoms with Gasteiger partial charge in [0.05, 0.1) is 12.8 Å². The molecule has 0 saturated heterocycles. The maximum Gasteiger partial charge on any atom is 0.277 e. The number of furan rings is 1. The molecule has 35 heavy (non-hydrogen) atoms. The fourth-order valence-corrected chi connectivity index (χ4v) is 4.57. The van der Waals surface area contributed by atoms with Crippen LogP contribution in [0, 0.1) is 13.8 Å². The Morgan fingerprint density at radius 3 is 2.63 bits per heavy atom. The molecule has 3 heterocycles. The summed E-state index contributed by atoms with van der Waals surface area (Å²) in [7, 11) is 0. The first-order valence-corrected chi connectivity index (χ1v) is 11.7. The van der Waals surface area contributed by atoms with Crippen molar-refractivity contribution in [1.82, 2.24) is 15.1 Å². The van der Waals surface area contributed by atoms with Gasteiger partial charge in [0, 0.05) is 23.3 Å². The third kappa shape index (κ3) is 4.12. The molecule has 2 amide bonds. The quantitative estimate of drug-likeness (QED) is 0.421. The number of carbonyl (C=O) groups excluding carboxylic acids is 2. The molecule has 1 N–H and O–H groups in total. The third-order valence-corrected chi connectivity index (χ3v) is 6.64. The van der Waals surface area contributed by atoms with E-state index in [2.05, 4.69) is 10.4 Å². The minimum absolute atomic E-state index is 0.189. The Morgan fingerprint density at radius 2 is 1.91 bits per heavy atom. The first-order chi connectivity index (χ1) is 16.8. The van der Waals surface area contributed by atoms with Gasteiger partial charge >= 0.3 is 0 Å². The fraction of sp³-hybridized carbons (Fsp3) is 0.222. The molecule has 1 atom stereocenters. The second kappa shape index (κ2) is 8.74. The van der Waals surface area contributed by atoms with Crippen LogP contribution in [0.4, 0.5) is 5.69 Å². The van der Waals surface area contributed by atoms with Crippen molar-refractivity contribution in [2.24, 2.45) is 0 Å². The molecule has 0 spiro atoms. The van der Waals surface area contributed by atoms with Crippen molar-refractivity contribution in [3.05, 3.63) is 94.3 Å². The molecule has 0 aliphatic carbocycles. The van der Waals surface area contributed by atoms with Crippen LogP contribution in [0.2, 0.25) is 5.02 Å². The molecular formula is C27H25ClN4O3. The number of halogens is 1. The molecular weight excluding hydrogens is 464 g/mol. The van der Waals surface area contributed by atoms with Crippen LogP contribution in [-0.2, 0) is 17.9 Å². The monoisotopic (exact) mass is 488 g/mol. The van der Waals surface area contributed by atoms with E-state index in [9.17, 15) is 9.59 Å². The van der Waals surface area contributed by atoms with Crippen molar-refractivity contribution in [2.45, 2.75) is 39.4 Å². The summed E-state index contributed by atoms with van der Waals surface area (Å²) in [5, 5.41) is 8.24. The Bertz CT molecular complexity index is 1410. The summed E-state index contributed by atoms with van der Waals surface area (Å²) in [6.45, 7) is 6.18. The van der Waals surface area contributed by atoms with Crippen molar-refractivity contribution in [3.8, 4) is 11.5 Å². The molecule has 7 nitrogen and oxygen atoms in total. The first kappa shape index (κ1) is 22.9. The molecule has 0 unspecified atom stereocenters. The number of amides is 2. The lowest BCUT2D eigenvalue weighted by molar-refractivity contribution is -0.126. The highest BCUT2D eigenvalue weighted by molar-refractivity contribution is 6.30. The highest BCUT2D eigenvalue weighted by Crippen LogP contribution is 2.36. The molecule has 2 aromatic carbocycles. The molecule has 0 radical (unpaired) electrons. The number of benzene rings is 2. The van der Waals surface area contributed by atoms with Gasteiger partial charge in [0.1, 0.15) is 16.9 Å². The Labute approximate surface area is 208 Å². The van der Waals surface area contributed by atoms with Gasteiger partial charge in [0.25, 0.3) is 5.91 Å². The minimum Gasteiger partial charge on any atom is -0.463 e. The van der Waals surface area contributed by atoms with E-state index < -0.39 is 5.54 Å². The van der Waals surface area contributed by atoms with Crippen molar-refractivity contribution in [3.63, 3.8) is 0 Å². The maximum absolute atomic E-state index is 13.9. The molecule has 0 fully saturated rings. The van der Waals surface area contributed by atoms with Crippen LogP contribution in [0.15, 0.2) is 71.3 Å². The molecule has 8 heteroatoms. The zero-order valence-electron chi connectivity index (χ0n) is 19.7. The molecule has 0 bridgehead atoms. The Hall–Kier alpha value is -3.84. The smallest absolute Gasteiger partial charge is 0.277 e. The van der Waals surface area contributed by atoms with Gasteiger partial charge in [-0.3, -0.25) is 19.2 Å². The molecule has 1 aliphatic rings. The van der Waals surface area contributed by atoms with E-state index in [1.165, 1.54) is 0 Å². The number of fused-ring (bicyclic) bond motifs is 1. The summed E-state index contributed by atoms with van der Waals surface area (Å²) in [4.78, 5) is 29.3. The van der Waals surface area contributed by atoms with E-state index in [-0.39, 0.29) is 18.4 Å². The van der Waals surface area contributed by atoms with E-state index in [0.717, 1.165) is 16.7 Å². The predicted octanol–water partition coefficient (Wildman–Crippen LogP) is 5.15. The largest absolute Gasteiger partial charge is 0.463 e. The third-order valence-electron chi connectivity index (χ3n) is 6.39. The van der Waals surface area contributed by atoms with Gasteiger partial charge in [-0.15, -0.1) is 0 Å². The SMILES string of the molecule is Cc1ccc(C)c(N2C(=O)c3cc(-c4ccco4)nn3C[C@]2(C)C(=O)NCc2ccc(Cl)cc2)c1. The molecule has 178 valence electrons. The summed E-state index contributed by atoms with van der Waals surface area (Å²) in [6.07, 6.45) is 1.56. The summed E-state index contributed by atoms with van der Waals surface area (Å²) in [5.74, 6) is -0.00585. The van der Waals surface area contributed by atoms with Gasteiger partial charge in [0.15, 0.2) is 5.76 Å². The first-order valence-electron chi connectivity index (χ1n) is 11.3. The Morgan fingerprint density at radius 1 is 1.14 bits per heavy atom. The summed E-state index contributed by atoms with van der Waals surface area (Å²) >= 11 is 5.99. The standard InChI is InChI=1S/C27H25ClN4O3/c1-17-6-7-18(2)22(13-17)32-25(33)23-14-21(24-5-4-12-35-24)30-31(23)16-27(32,3)26(34)29-15-19-8-10-20(28)11-9-19/h4-14H,15-16H2,1-3H3,(H,29,34)/t27-/m1/s1. The zero-order chi connectivity index (χ0) is 24.7. The number of aryl methyl sites for hydroxylation is 2. The van der Waals surface area contributed by atoms with Crippen LogP contribution in [-0.4, -0.2) is 27.1 Å². The number of hydrogen-bond acceptors (Lipinski definition) is 4. The number of hydrogen-bond donors (Lipinski definition) is 1. The molecule has 2 aromatic heterocycles. The second-order valence-electron chi connectivity index (χ2n) is 9.06. The number of rotatable bonds is 5. The van der Waals surface area contributed by atoms with Crippen molar-refractivity contribution in [2.75, 3.05) is 4.90 Å². The lowest BCUT2D eigenvalue weighted by Crippen LogP contribution is -2.64. The lowest BCUT2D eigenvalue weighted by Gasteiger charge is -2.43. The minimum atomic E-state index is -1.22. The Balaban J connectivity index is 1.56. The van der Waals surface area contributed by atoms with Gasteiger partial charge in [-0.25, -0.2) is 0 Å². The van der Waals surface area contributed by atoms with Crippen molar-refractivity contribution >= 4 is 29.1 Å². The number of aromatic nitrogens is 2. The van der Waals surface area contributed by atoms with Crippen molar-refractivity contribution < 1.29 is 14.0 Å². The van der Waals surface area contributed by atoms with E-state index in [1.54, 1.807) is 53.1 Å². The summed E-state index contributed by atoms with van der Waals surface area (Å²) in [6, 6.07) is 18.5. The van der Waals surface area contributed by atoms with Gasteiger partial charge in [-0.05, 0) is 67.8 Å². The van der Waals surface area contributed by atoms with Crippen molar-refractivity contribution in [1.29, 1.82) is 0 Å². The van der Waals surface area contributed by atoms with E-state index in [0.29, 0.717) is 34.4 Å². The zero-order valence-corrected chi connectivity index (χ0v) is 20.5. The normalized spacial score (nSPS) is 17.4. The summed E-state index contributed by atoms with van der Waals surface area (Å²) in [5.41, 5.74) is 3.24. The van der Waals surface area contributed by atoms with E-state index in [1.807, 2.05) is 44.2 Å². The van der Waals surface area contributed by atoms with Crippen LogP contribution >= 0.6 is 11.6 Å². The average molecular weight is 489 g/mol. The van der Waals surface area contributed by atoms with Crippen LogP contribution in [0.3, 0.4) is 0 Å². The highest BCUT2D eigenvalue weighted by atomic mass is 35.5. The summed E-state index contributed by atoms with van der Waals surface area (Å²) < 4.78 is 7.09. The van der Waals surface area contributed by atoms with Crippen LogP contribution in [0.25, 0.3) is 11.5 Å². The van der Waals surface area contributed by atoms with E-state index >= 15 is 0 Å². The highest BCUT2D eigenvalue weighted by Gasteiger charge is 2.49. The van der Waals surface area contributed by atoms with E-state index in [4.69, 9.17) is 16.0 Å². The fourth-order valence-electron chi connectivity index (χ4n) is 4.44. The Kier molecular flexibility index (Phi) is 5.73. The number of carbonyl (C=O) groups is 2. The molecule has 4 aromatic rings. The van der Waals surface area contributed by atoms with Gasteiger partial charge in [0.2, 0.25) is 5.91 Å². The predicted molar refractivity (Wildman–Crippen MR) is 134 cm³/mol. The second-order valence-corrected chi connectivity index (χ2v) is 9.50. The topological polar surface area (TPSA) is 80.4 Å². The molecule has 0 saturated carbocycles. The number of nitrogens with zero attached hydrogens (tertiary/aromatic N) is 3. The number of anilines is 1. The van der Waals surface area contributed by atoms with Crippen LogP contribution in [0.1, 0.15) is 34.1 Å². The van der Waals surface area contributed by atoms with Gasteiger partial charge < -0.3 is 9.73 Å². The number of nitrogens with one attached hydrogen (secondary N) is 1. The molecule has 5 rings (SSSR count). The molecule has 1 aliphatic heterocycles. The van der Waals surface area contributed by atoms with Crippen LogP contribution in [0.5, 0.6) is 0 Å². The van der Waals surface area contributed by atoms with Crippen LogP contribution < -0.4 is 10.2 Å². The van der Waals surface area contributed by atoms with Gasteiger partial charge in [-0.1, -0.05) is 35.9 Å². The van der Waals surface area contributed by atoms with Gasteiger partial charge in [-0.2, -0.15) is 5.10 Å².